The fourth-order valence-electron chi connectivity index (χ4n) is 3.57. The first-order chi connectivity index (χ1) is 15.0. The molecule has 6 nitrogen and oxygen atoms in total. The van der Waals surface area contributed by atoms with Gasteiger partial charge >= 0.3 is 0 Å². The Balaban J connectivity index is 1.73. The summed E-state index contributed by atoms with van der Waals surface area (Å²) in [6.07, 6.45) is 4.13. The third-order valence-electron chi connectivity index (χ3n) is 5.43. The lowest BCUT2D eigenvalue weighted by molar-refractivity contribution is 0.0725. The largest absolute Gasteiger partial charge is 0.493 e. The second-order valence-electron chi connectivity index (χ2n) is 8.25. The predicted octanol–water partition coefficient (Wildman–Crippen LogP) is 5.00. The number of carbonyl (C=O) groups excluding carboxylic acids is 2. The van der Waals surface area contributed by atoms with Crippen LogP contribution in [0.25, 0.3) is 0 Å². The molecule has 1 aliphatic rings. The molecule has 1 aliphatic heterocycles. The first-order valence-electron chi connectivity index (χ1n) is 11.0. The lowest BCUT2D eigenvalue weighted by atomic mass is 10.1. The number of likely N-dealkylation sites (tertiary alicyclic amines) is 1. The number of rotatable bonds is 8. The molecule has 6 heteroatoms. The molecule has 0 unspecified atom stereocenters. The van der Waals surface area contributed by atoms with E-state index in [9.17, 15) is 9.59 Å². The molecule has 0 radical (unpaired) electrons. The van der Waals surface area contributed by atoms with E-state index in [1.165, 1.54) is 0 Å². The Hall–Kier alpha value is -3.02. The van der Waals surface area contributed by atoms with Gasteiger partial charge in [0.15, 0.2) is 11.5 Å². The zero-order chi connectivity index (χ0) is 22.2. The van der Waals surface area contributed by atoms with Gasteiger partial charge in [0.1, 0.15) is 0 Å². The van der Waals surface area contributed by atoms with Crippen LogP contribution in [-0.4, -0.2) is 43.5 Å². The number of anilines is 1. The standard InChI is InChI=1S/C25H32N2O4/c1-18(2)13-16-31-22-12-11-19(17-23(22)30-3)24(28)26-21-10-6-5-9-20(21)25(29)27-14-7-4-8-15-27/h5-6,9-12,17-18H,4,7-8,13-16H2,1-3H3,(H,26,28). The van der Waals surface area contributed by atoms with Crippen LogP contribution < -0.4 is 14.8 Å². The van der Waals surface area contributed by atoms with E-state index < -0.39 is 0 Å². The SMILES string of the molecule is COc1cc(C(=O)Nc2ccccc2C(=O)N2CCCCC2)ccc1OCCC(C)C. The molecule has 1 saturated heterocycles. The van der Waals surface area contributed by atoms with Gasteiger partial charge in [-0.05, 0) is 61.9 Å². The zero-order valence-electron chi connectivity index (χ0n) is 18.6. The van der Waals surface area contributed by atoms with E-state index in [1.807, 2.05) is 17.0 Å². The monoisotopic (exact) mass is 424 g/mol. The fourth-order valence-corrected chi connectivity index (χ4v) is 3.57. The van der Waals surface area contributed by atoms with Crippen LogP contribution in [0.4, 0.5) is 5.69 Å². The normalized spacial score (nSPS) is 13.7. The number of piperidine rings is 1. The fraction of sp³-hybridized carbons (Fsp3) is 0.440. The molecule has 0 spiro atoms. The number of hydrogen-bond donors (Lipinski definition) is 1. The molecular weight excluding hydrogens is 392 g/mol. The number of benzene rings is 2. The average molecular weight is 425 g/mol. The molecule has 0 atom stereocenters. The van der Waals surface area contributed by atoms with Crippen LogP contribution in [-0.2, 0) is 0 Å². The van der Waals surface area contributed by atoms with Crippen LogP contribution in [0.15, 0.2) is 42.5 Å². The Morgan fingerprint density at radius 2 is 1.77 bits per heavy atom. The van der Waals surface area contributed by atoms with Crippen molar-refractivity contribution < 1.29 is 19.1 Å². The van der Waals surface area contributed by atoms with E-state index in [4.69, 9.17) is 9.47 Å². The summed E-state index contributed by atoms with van der Waals surface area (Å²) in [5.74, 6) is 1.33. The summed E-state index contributed by atoms with van der Waals surface area (Å²) in [6, 6.07) is 12.3. The zero-order valence-corrected chi connectivity index (χ0v) is 18.6. The molecule has 2 amide bonds. The van der Waals surface area contributed by atoms with E-state index in [-0.39, 0.29) is 11.8 Å². The second kappa shape index (κ2) is 10.8. The maximum absolute atomic E-state index is 13.0. The summed E-state index contributed by atoms with van der Waals surface area (Å²) in [4.78, 5) is 27.7. The van der Waals surface area contributed by atoms with Crippen molar-refractivity contribution in [2.45, 2.75) is 39.5 Å². The first kappa shape index (κ1) is 22.7. The molecule has 0 bridgehead atoms. The number of para-hydroxylation sites is 1. The van der Waals surface area contributed by atoms with E-state index in [0.29, 0.717) is 40.8 Å². The van der Waals surface area contributed by atoms with Crippen molar-refractivity contribution in [1.82, 2.24) is 4.90 Å². The Kier molecular flexibility index (Phi) is 7.93. The van der Waals surface area contributed by atoms with Crippen LogP contribution in [0.2, 0.25) is 0 Å². The average Bonchev–Trinajstić information content (AvgIpc) is 2.79. The Morgan fingerprint density at radius 1 is 1.03 bits per heavy atom. The lowest BCUT2D eigenvalue weighted by Gasteiger charge is -2.27. The molecule has 1 heterocycles. The minimum Gasteiger partial charge on any atom is -0.493 e. The van der Waals surface area contributed by atoms with Crippen molar-refractivity contribution >= 4 is 17.5 Å². The smallest absolute Gasteiger partial charge is 0.255 e. The molecule has 1 N–H and O–H groups in total. The van der Waals surface area contributed by atoms with Gasteiger partial charge in [0.25, 0.3) is 11.8 Å². The van der Waals surface area contributed by atoms with Gasteiger partial charge in [-0.25, -0.2) is 0 Å². The molecule has 3 rings (SSSR count). The predicted molar refractivity (Wildman–Crippen MR) is 122 cm³/mol. The summed E-state index contributed by atoms with van der Waals surface area (Å²) in [7, 11) is 1.55. The first-order valence-corrected chi connectivity index (χ1v) is 11.0. The van der Waals surface area contributed by atoms with Crippen LogP contribution in [0, 0.1) is 5.92 Å². The maximum atomic E-state index is 13.0. The van der Waals surface area contributed by atoms with Crippen LogP contribution in [0.5, 0.6) is 11.5 Å². The van der Waals surface area contributed by atoms with Gasteiger partial charge in [-0.1, -0.05) is 26.0 Å². The summed E-state index contributed by atoms with van der Waals surface area (Å²) in [5, 5.41) is 2.89. The van der Waals surface area contributed by atoms with E-state index in [2.05, 4.69) is 19.2 Å². The van der Waals surface area contributed by atoms with Gasteiger partial charge in [-0.15, -0.1) is 0 Å². The number of hydrogen-bond acceptors (Lipinski definition) is 4. The van der Waals surface area contributed by atoms with Gasteiger partial charge in [-0.2, -0.15) is 0 Å². The highest BCUT2D eigenvalue weighted by atomic mass is 16.5. The molecule has 0 aliphatic carbocycles. The van der Waals surface area contributed by atoms with Crippen molar-refractivity contribution in [3.05, 3.63) is 53.6 Å². The third kappa shape index (κ3) is 6.00. The molecule has 166 valence electrons. The minimum atomic E-state index is -0.300. The lowest BCUT2D eigenvalue weighted by Crippen LogP contribution is -2.36. The Bertz CT molecular complexity index is 904. The van der Waals surface area contributed by atoms with Gasteiger partial charge in [0.2, 0.25) is 0 Å². The van der Waals surface area contributed by atoms with Crippen LogP contribution in [0.1, 0.15) is 60.2 Å². The van der Waals surface area contributed by atoms with Gasteiger partial charge in [-0.3, -0.25) is 9.59 Å². The Labute approximate surface area is 184 Å². The highest BCUT2D eigenvalue weighted by molar-refractivity contribution is 6.09. The number of amides is 2. The molecule has 0 aromatic heterocycles. The van der Waals surface area contributed by atoms with Crippen LogP contribution in [0.3, 0.4) is 0 Å². The molecule has 2 aromatic rings. The van der Waals surface area contributed by atoms with E-state index in [0.717, 1.165) is 38.8 Å². The number of ether oxygens (including phenoxy) is 2. The number of methoxy groups -OCH3 is 1. The van der Waals surface area contributed by atoms with Gasteiger partial charge in [0.05, 0.1) is 25.0 Å². The molecule has 1 fully saturated rings. The summed E-state index contributed by atoms with van der Waals surface area (Å²) in [5.41, 5.74) is 1.46. The quantitative estimate of drug-likeness (QED) is 0.648. The minimum absolute atomic E-state index is 0.0397. The van der Waals surface area contributed by atoms with Crippen molar-refractivity contribution in [2.24, 2.45) is 5.92 Å². The molecule has 2 aromatic carbocycles. The molecule has 0 saturated carbocycles. The second-order valence-corrected chi connectivity index (χ2v) is 8.25. The third-order valence-corrected chi connectivity index (χ3v) is 5.43. The van der Waals surface area contributed by atoms with Gasteiger partial charge < -0.3 is 19.7 Å². The topological polar surface area (TPSA) is 67.9 Å². The van der Waals surface area contributed by atoms with Gasteiger partial charge in [0, 0.05) is 18.7 Å². The van der Waals surface area contributed by atoms with Crippen molar-refractivity contribution in [3.8, 4) is 11.5 Å². The number of nitrogens with zero attached hydrogens (tertiary/aromatic N) is 1. The summed E-state index contributed by atoms with van der Waals surface area (Å²) in [6.45, 7) is 6.39. The maximum Gasteiger partial charge on any atom is 0.255 e. The van der Waals surface area contributed by atoms with Crippen LogP contribution >= 0.6 is 0 Å². The highest BCUT2D eigenvalue weighted by Crippen LogP contribution is 2.29. The number of carbonyl (C=O) groups is 2. The summed E-state index contributed by atoms with van der Waals surface area (Å²) >= 11 is 0. The summed E-state index contributed by atoms with van der Waals surface area (Å²) < 4.78 is 11.2. The molecular formula is C25H32N2O4. The van der Waals surface area contributed by atoms with Crippen molar-refractivity contribution in [3.63, 3.8) is 0 Å². The Morgan fingerprint density at radius 3 is 2.48 bits per heavy atom. The number of nitrogens with one attached hydrogen (secondary N) is 1. The van der Waals surface area contributed by atoms with Crippen molar-refractivity contribution in [1.29, 1.82) is 0 Å². The van der Waals surface area contributed by atoms with E-state index in [1.54, 1.807) is 37.4 Å². The molecule has 31 heavy (non-hydrogen) atoms. The van der Waals surface area contributed by atoms with E-state index >= 15 is 0 Å². The van der Waals surface area contributed by atoms with Crippen molar-refractivity contribution in [2.75, 3.05) is 32.1 Å². The highest BCUT2D eigenvalue weighted by Gasteiger charge is 2.21.